The van der Waals surface area contributed by atoms with Crippen LogP contribution in [0.15, 0.2) is 143 Å². The molecule has 3 heteroatoms. The molecule has 2 nitrogen and oxygen atoms in total. The molecule has 0 atom stereocenters. The number of hydrogen-bond donors (Lipinski definition) is 0. The summed E-state index contributed by atoms with van der Waals surface area (Å²) in [6.07, 6.45) is 0. The van der Waals surface area contributed by atoms with Gasteiger partial charge in [0.25, 0.3) is 0 Å². The van der Waals surface area contributed by atoms with Gasteiger partial charge in [0.2, 0.25) is 0 Å². The molecule has 0 aliphatic carbocycles. The van der Waals surface area contributed by atoms with Gasteiger partial charge in [-0.3, -0.25) is 0 Å². The predicted octanol–water partition coefficient (Wildman–Crippen LogP) is 10.6. The predicted molar refractivity (Wildman–Crippen MR) is 168 cm³/mol. The van der Waals surface area contributed by atoms with E-state index in [-0.39, 0.29) is 0 Å². The highest BCUT2D eigenvalue weighted by molar-refractivity contribution is 7.99. The molecule has 1 heterocycles. The summed E-state index contributed by atoms with van der Waals surface area (Å²) >= 11 is 1.83. The van der Waals surface area contributed by atoms with Gasteiger partial charge in [0.1, 0.15) is 0 Å². The monoisotopic (exact) mass is 526 g/mol. The number of para-hydroxylation sites is 2. The van der Waals surface area contributed by atoms with Crippen LogP contribution in [-0.2, 0) is 0 Å². The largest absolute Gasteiger partial charge is 0.307 e. The van der Waals surface area contributed by atoms with Crippen LogP contribution in [0.3, 0.4) is 0 Å². The van der Waals surface area contributed by atoms with Gasteiger partial charge in [-0.25, -0.2) is 0 Å². The highest BCUT2D eigenvalue weighted by atomic mass is 32.2. The second-order valence-electron chi connectivity index (χ2n) is 10.1. The highest BCUT2D eigenvalue weighted by Gasteiger charge is 2.28. The lowest BCUT2D eigenvalue weighted by molar-refractivity contribution is 1.18. The van der Waals surface area contributed by atoms with Gasteiger partial charge < -0.3 is 4.90 Å². The lowest BCUT2D eigenvalue weighted by atomic mass is 9.88. The summed E-state index contributed by atoms with van der Waals surface area (Å²) in [5.74, 6) is 0. The van der Waals surface area contributed by atoms with Crippen LogP contribution in [-0.4, -0.2) is 0 Å². The first-order valence-corrected chi connectivity index (χ1v) is 14.2. The molecular formula is C37H22N2S. The molecule has 0 spiro atoms. The van der Waals surface area contributed by atoms with Crippen LogP contribution in [0.2, 0.25) is 0 Å². The molecule has 40 heavy (non-hydrogen) atoms. The normalized spacial score (nSPS) is 12.3. The summed E-state index contributed by atoms with van der Waals surface area (Å²) in [6, 6.07) is 49.7. The maximum absolute atomic E-state index is 9.44. The number of nitrogens with zero attached hydrogens (tertiary/aromatic N) is 2. The first-order valence-electron chi connectivity index (χ1n) is 13.3. The lowest BCUT2D eigenvalue weighted by Gasteiger charge is -2.35. The molecule has 8 rings (SSSR count). The molecule has 1 aliphatic rings. The molecule has 0 saturated heterocycles. The lowest BCUT2D eigenvalue weighted by Crippen LogP contribution is -2.15. The van der Waals surface area contributed by atoms with E-state index in [0.29, 0.717) is 5.56 Å². The van der Waals surface area contributed by atoms with Crippen LogP contribution in [0.5, 0.6) is 0 Å². The van der Waals surface area contributed by atoms with Crippen molar-refractivity contribution in [2.45, 2.75) is 9.79 Å². The van der Waals surface area contributed by atoms with Crippen molar-refractivity contribution in [1.29, 1.82) is 5.26 Å². The second kappa shape index (κ2) is 9.02. The SMILES string of the molecule is N#Cc1ccc(-c2c3ccccc3c(N3c4ccccc4Sc4ccccc43)c3cc4ccccc4cc23)cc1. The van der Waals surface area contributed by atoms with Crippen molar-refractivity contribution in [3.8, 4) is 17.2 Å². The first-order chi connectivity index (χ1) is 19.8. The molecule has 0 aromatic heterocycles. The molecule has 7 aromatic rings. The Morgan fingerprint density at radius 1 is 0.525 bits per heavy atom. The minimum absolute atomic E-state index is 0.665. The third-order valence-electron chi connectivity index (χ3n) is 7.82. The summed E-state index contributed by atoms with van der Waals surface area (Å²) < 4.78 is 0. The molecule has 0 amide bonds. The zero-order valence-corrected chi connectivity index (χ0v) is 22.3. The molecule has 0 radical (unpaired) electrons. The summed E-state index contributed by atoms with van der Waals surface area (Å²) in [5, 5.41) is 16.7. The summed E-state index contributed by atoms with van der Waals surface area (Å²) in [7, 11) is 0. The van der Waals surface area contributed by atoms with Crippen molar-refractivity contribution in [2.75, 3.05) is 4.90 Å². The van der Waals surface area contributed by atoms with Gasteiger partial charge in [0, 0.05) is 20.6 Å². The molecule has 0 N–H and O–H groups in total. The average molecular weight is 527 g/mol. The van der Waals surface area contributed by atoms with Gasteiger partial charge in [0.05, 0.1) is 28.7 Å². The minimum Gasteiger partial charge on any atom is -0.307 e. The van der Waals surface area contributed by atoms with Gasteiger partial charge in [-0.2, -0.15) is 5.26 Å². The topological polar surface area (TPSA) is 27.0 Å². The molecule has 186 valence electrons. The maximum atomic E-state index is 9.44. The van der Waals surface area contributed by atoms with E-state index in [1.165, 1.54) is 64.7 Å². The molecule has 7 aromatic carbocycles. The first kappa shape index (κ1) is 22.9. The van der Waals surface area contributed by atoms with Gasteiger partial charge in [-0.15, -0.1) is 0 Å². The smallest absolute Gasteiger partial charge is 0.0991 e. The number of fused-ring (bicyclic) bond motifs is 5. The number of benzene rings is 7. The molecule has 0 fully saturated rings. The summed E-state index contributed by atoms with van der Waals surface area (Å²) in [4.78, 5) is 4.95. The van der Waals surface area contributed by atoms with E-state index in [4.69, 9.17) is 0 Å². The number of rotatable bonds is 2. The molecule has 0 unspecified atom stereocenters. The van der Waals surface area contributed by atoms with E-state index in [1.807, 2.05) is 23.9 Å². The Morgan fingerprint density at radius 3 is 1.73 bits per heavy atom. The van der Waals surface area contributed by atoms with Crippen molar-refractivity contribution in [3.63, 3.8) is 0 Å². The molecule has 1 aliphatic heterocycles. The van der Waals surface area contributed by atoms with Crippen LogP contribution in [0, 0.1) is 11.3 Å². The average Bonchev–Trinajstić information content (AvgIpc) is 3.02. The Bertz CT molecular complexity index is 2110. The zero-order valence-electron chi connectivity index (χ0n) is 21.5. The second-order valence-corrected chi connectivity index (χ2v) is 11.2. The van der Waals surface area contributed by atoms with Crippen molar-refractivity contribution in [2.24, 2.45) is 0 Å². The Morgan fingerprint density at radius 2 is 1.07 bits per heavy atom. The molecular weight excluding hydrogens is 504 g/mol. The fourth-order valence-corrected chi connectivity index (χ4v) is 7.11. The Balaban J connectivity index is 1.57. The van der Waals surface area contributed by atoms with Gasteiger partial charge in [-0.1, -0.05) is 96.7 Å². The van der Waals surface area contributed by atoms with E-state index in [9.17, 15) is 5.26 Å². The van der Waals surface area contributed by atoms with Crippen LogP contribution in [0.4, 0.5) is 17.1 Å². The van der Waals surface area contributed by atoms with Crippen molar-refractivity contribution < 1.29 is 0 Å². The van der Waals surface area contributed by atoms with Crippen LogP contribution >= 0.6 is 11.8 Å². The Hall–Kier alpha value is -5.04. The number of anilines is 3. The zero-order chi connectivity index (χ0) is 26.6. The van der Waals surface area contributed by atoms with Gasteiger partial charge in [0.15, 0.2) is 0 Å². The quantitative estimate of drug-likeness (QED) is 0.210. The van der Waals surface area contributed by atoms with E-state index in [0.717, 1.165) is 5.56 Å². The fourth-order valence-electron chi connectivity index (χ4n) is 6.05. The highest BCUT2D eigenvalue weighted by Crippen LogP contribution is 2.55. The Kier molecular flexibility index (Phi) is 5.16. The van der Waals surface area contributed by atoms with Gasteiger partial charge in [-0.05, 0) is 81.2 Å². The van der Waals surface area contributed by atoms with Crippen molar-refractivity contribution in [1.82, 2.24) is 0 Å². The van der Waals surface area contributed by atoms with E-state index in [1.54, 1.807) is 0 Å². The van der Waals surface area contributed by atoms with E-state index < -0.39 is 0 Å². The Labute approximate surface area is 236 Å². The third-order valence-corrected chi connectivity index (χ3v) is 8.95. The van der Waals surface area contributed by atoms with Crippen LogP contribution in [0.25, 0.3) is 43.4 Å². The molecule has 0 saturated carbocycles. The number of hydrogen-bond acceptors (Lipinski definition) is 3. The molecule has 0 bridgehead atoms. The fraction of sp³-hybridized carbons (Fsp3) is 0. The summed E-state index contributed by atoms with van der Waals surface area (Å²) in [5.41, 5.74) is 6.54. The van der Waals surface area contributed by atoms with Crippen LogP contribution < -0.4 is 4.90 Å². The van der Waals surface area contributed by atoms with Gasteiger partial charge >= 0.3 is 0 Å². The van der Waals surface area contributed by atoms with E-state index in [2.05, 4.69) is 132 Å². The standard InChI is InChI=1S/C37H22N2S/c38-23-24-17-19-25(20-18-24)36-28-11-3-4-12-29(28)37(31-22-27-10-2-1-9-26(27)21-30(31)36)39-32-13-5-7-15-34(32)40-35-16-8-6-14-33(35)39/h1-22H. The van der Waals surface area contributed by atoms with Crippen molar-refractivity contribution in [3.05, 3.63) is 139 Å². The maximum Gasteiger partial charge on any atom is 0.0991 e. The van der Waals surface area contributed by atoms with Crippen molar-refractivity contribution >= 4 is 61.1 Å². The van der Waals surface area contributed by atoms with Crippen LogP contribution in [0.1, 0.15) is 5.56 Å². The summed E-state index contributed by atoms with van der Waals surface area (Å²) in [6.45, 7) is 0. The van der Waals surface area contributed by atoms with E-state index >= 15 is 0 Å². The minimum atomic E-state index is 0.665. The number of nitriles is 1. The third kappa shape index (κ3) is 3.44.